The summed E-state index contributed by atoms with van der Waals surface area (Å²) < 4.78 is 6.92. The van der Waals surface area contributed by atoms with Crippen molar-refractivity contribution in [3.05, 3.63) is 60.9 Å². The molecule has 0 atom stereocenters. The second-order valence-electron chi connectivity index (χ2n) is 4.49. The highest BCUT2D eigenvalue weighted by Gasteiger charge is 2.01. The van der Waals surface area contributed by atoms with Gasteiger partial charge in [-0.25, -0.2) is 15.0 Å². The van der Waals surface area contributed by atoms with Crippen molar-refractivity contribution in [1.82, 2.24) is 19.5 Å². The van der Waals surface area contributed by atoms with Gasteiger partial charge in [-0.3, -0.25) is 4.57 Å². The van der Waals surface area contributed by atoms with Crippen molar-refractivity contribution in [2.24, 2.45) is 0 Å². The molecule has 0 aliphatic heterocycles. The maximum atomic E-state index is 5.09. The number of benzene rings is 1. The molecule has 6 nitrogen and oxygen atoms in total. The van der Waals surface area contributed by atoms with Crippen molar-refractivity contribution in [3.63, 3.8) is 0 Å². The van der Waals surface area contributed by atoms with E-state index in [-0.39, 0.29) is 0 Å². The lowest BCUT2D eigenvalue weighted by Crippen LogP contribution is -1.99. The molecule has 3 aromatic rings. The number of aromatic nitrogens is 4. The van der Waals surface area contributed by atoms with E-state index in [1.807, 2.05) is 41.1 Å². The Balaban J connectivity index is 1.77. The number of anilines is 2. The number of nitrogens with one attached hydrogen (secondary N) is 1. The summed E-state index contributed by atoms with van der Waals surface area (Å²) in [4.78, 5) is 12.4. The fourth-order valence-corrected chi connectivity index (χ4v) is 1.95. The summed E-state index contributed by atoms with van der Waals surface area (Å²) >= 11 is 0. The summed E-state index contributed by atoms with van der Waals surface area (Å²) in [6.07, 6.45) is 6.78. The van der Waals surface area contributed by atoms with Gasteiger partial charge in [-0.15, -0.1) is 0 Å². The highest BCUT2D eigenvalue weighted by molar-refractivity contribution is 5.57. The molecule has 0 fully saturated rings. The maximum absolute atomic E-state index is 5.09. The number of ether oxygens (including phenoxy) is 1. The predicted molar refractivity (Wildman–Crippen MR) is 79.6 cm³/mol. The molecular formula is C15H15N5O. The molecule has 2 heterocycles. The average Bonchev–Trinajstić information content (AvgIpc) is 3.04. The number of imidazole rings is 1. The molecule has 0 unspecified atom stereocenters. The van der Waals surface area contributed by atoms with E-state index in [1.165, 1.54) is 6.33 Å². The van der Waals surface area contributed by atoms with Crippen LogP contribution in [0.2, 0.25) is 0 Å². The Labute approximate surface area is 122 Å². The highest BCUT2D eigenvalue weighted by Crippen LogP contribution is 2.17. The minimum absolute atomic E-state index is 0.610. The van der Waals surface area contributed by atoms with Gasteiger partial charge in [0.1, 0.15) is 24.3 Å². The molecule has 0 saturated heterocycles. The van der Waals surface area contributed by atoms with Gasteiger partial charge in [-0.1, -0.05) is 12.1 Å². The van der Waals surface area contributed by atoms with Gasteiger partial charge in [0.05, 0.1) is 6.61 Å². The van der Waals surface area contributed by atoms with Crippen LogP contribution in [0.1, 0.15) is 5.56 Å². The Hall–Kier alpha value is -2.73. The van der Waals surface area contributed by atoms with Gasteiger partial charge in [0.25, 0.3) is 0 Å². The van der Waals surface area contributed by atoms with Crippen LogP contribution in [0, 0.1) is 0 Å². The summed E-state index contributed by atoms with van der Waals surface area (Å²) in [5.41, 5.74) is 2.09. The molecule has 0 amide bonds. The van der Waals surface area contributed by atoms with Gasteiger partial charge in [0.2, 0.25) is 0 Å². The van der Waals surface area contributed by atoms with Crippen molar-refractivity contribution in [3.8, 4) is 5.82 Å². The monoisotopic (exact) mass is 281 g/mol. The van der Waals surface area contributed by atoms with Crippen LogP contribution in [0.15, 0.2) is 55.4 Å². The van der Waals surface area contributed by atoms with Gasteiger partial charge in [-0.05, 0) is 17.7 Å². The Morgan fingerprint density at radius 3 is 2.76 bits per heavy atom. The summed E-state index contributed by atoms with van der Waals surface area (Å²) in [6.45, 7) is 0.610. The second kappa shape index (κ2) is 6.15. The molecule has 2 aromatic heterocycles. The van der Waals surface area contributed by atoms with E-state index in [9.17, 15) is 0 Å². The molecule has 0 bridgehead atoms. The van der Waals surface area contributed by atoms with Crippen molar-refractivity contribution < 1.29 is 4.74 Å². The van der Waals surface area contributed by atoms with Crippen LogP contribution < -0.4 is 5.32 Å². The molecule has 1 N–H and O–H groups in total. The molecule has 0 aliphatic rings. The van der Waals surface area contributed by atoms with E-state index in [0.717, 1.165) is 22.9 Å². The Bertz CT molecular complexity index is 694. The number of hydrogen-bond acceptors (Lipinski definition) is 5. The van der Waals surface area contributed by atoms with Gasteiger partial charge >= 0.3 is 0 Å². The zero-order chi connectivity index (χ0) is 14.5. The van der Waals surface area contributed by atoms with Crippen molar-refractivity contribution in [1.29, 1.82) is 0 Å². The number of nitrogens with zero attached hydrogens (tertiary/aromatic N) is 4. The van der Waals surface area contributed by atoms with E-state index < -0.39 is 0 Å². The molecule has 0 aliphatic carbocycles. The molecule has 6 heteroatoms. The Kier molecular flexibility index (Phi) is 3.88. The fraction of sp³-hybridized carbons (Fsp3) is 0.133. The average molecular weight is 281 g/mol. The van der Waals surface area contributed by atoms with Crippen molar-refractivity contribution in [2.45, 2.75) is 6.61 Å². The Morgan fingerprint density at radius 2 is 2.05 bits per heavy atom. The molecular weight excluding hydrogens is 266 g/mol. The summed E-state index contributed by atoms with van der Waals surface area (Å²) in [5, 5.41) is 3.25. The van der Waals surface area contributed by atoms with Crippen LogP contribution in [0.3, 0.4) is 0 Å². The van der Waals surface area contributed by atoms with E-state index in [1.54, 1.807) is 19.6 Å². The first-order valence-electron chi connectivity index (χ1n) is 6.50. The first-order chi connectivity index (χ1) is 10.3. The summed E-state index contributed by atoms with van der Waals surface area (Å²) in [7, 11) is 1.69. The van der Waals surface area contributed by atoms with Gasteiger partial charge in [0, 0.05) is 31.3 Å². The van der Waals surface area contributed by atoms with Crippen LogP contribution in [-0.4, -0.2) is 26.6 Å². The molecule has 0 saturated carbocycles. The number of hydrogen-bond donors (Lipinski definition) is 1. The highest BCUT2D eigenvalue weighted by atomic mass is 16.5. The lowest BCUT2D eigenvalue weighted by atomic mass is 10.2. The van der Waals surface area contributed by atoms with E-state index >= 15 is 0 Å². The van der Waals surface area contributed by atoms with Crippen LogP contribution in [-0.2, 0) is 11.3 Å². The molecule has 3 rings (SSSR count). The third-order valence-corrected chi connectivity index (χ3v) is 2.96. The zero-order valence-corrected chi connectivity index (χ0v) is 11.6. The lowest BCUT2D eigenvalue weighted by molar-refractivity contribution is 0.185. The minimum Gasteiger partial charge on any atom is -0.380 e. The Morgan fingerprint density at radius 1 is 1.19 bits per heavy atom. The first kappa shape index (κ1) is 13.3. The van der Waals surface area contributed by atoms with Gasteiger partial charge < -0.3 is 10.1 Å². The van der Waals surface area contributed by atoms with Crippen molar-refractivity contribution in [2.75, 3.05) is 12.4 Å². The molecule has 1 aromatic carbocycles. The smallest absolute Gasteiger partial charge is 0.143 e. The molecule has 0 radical (unpaired) electrons. The standard InChI is InChI=1S/C15H15N5O/c1-21-9-12-2-4-13(5-3-12)19-14-8-15(18-10-17-14)20-7-6-16-11-20/h2-8,10-11H,9H2,1H3,(H,17,18,19). The quantitative estimate of drug-likeness (QED) is 0.778. The van der Waals surface area contributed by atoms with Gasteiger partial charge in [0.15, 0.2) is 0 Å². The van der Waals surface area contributed by atoms with Crippen LogP contribution in [0.5, 0.6) is 0 Å². The van der Waals surface area contributed by atoms with Crippen LogP contribution >= 0.6 is 0 Å². The van der Waals surface area contributed by atoms with E-state index in [0.29, 0.717) is 6.61 Å². The first-order valence-corrected chi connectivity index (χ1v) is 6.50. The zero-order valence-electron chi connectivity index (χ0n) is 11.6. The topological polar surface area (TPSA) is 64.9 Å². The molecule has 21 heavy (non-hydrogen) atoms. The normalized spacial score (nSPS) is 10.5. The fourth-order valence-electron chi connectivity index (χ4n) is 1.95. The predicted octanol–water partition coefficient (Wildman–Crippen LogP) is 2.55. The van der Waals surface area contributed by atoms with Crippen LogP contribution in [0.25, 0.3) is 5.82 Å². The minimum atomic E-state index is 0.610. The summed E-state index contributed by atoms with van der Waals surface area (Å²) in [6, 6.07) is 9.89. The van der Waals surface area contributed by atoms with Crippen molar-refractivity contribution >= 4 is 11.5 Å². The number of rotatable bonds is 5. The van der Waals surface area contributed by atoms with Gasteiger partial charge in [-0.2, -0.15) is 0 Å². The lowest BCUT2D eigenvalue weighted by Gasteiger charge is -2.08. The summed E-state index contributed by atoms with van der Waals surface area (Å²) in [5.74, 6) is 1.49. The number of methoxy groups -OCH3 is 1. The third-order valence-electron chi connectivity index (χ3n) is 2.96. The molecule has 106 valence electrons. The SMILES string of the molecule is COCc1ccc(Nc2cc(-n3ccnc3)ncn2)cc1. The van der Waals surface area contributed by atoms with Crippen LogP contribution in [0.4, 0.5) is 11.5 Å². The maximum Gasteiger partial charge on any atom is 0.143 e. The third kappa shape index (κ3) is 3.24. The largest absolute Gasteiger partial charge is 0.380 e. The van der Waals surface area contributed by atoms with E-state index in [4.69, 9.17) is 4.74 Å². The van der Waals surface area contributed by atoms with E-state index in [2.05, 4.69) is 20.3 Å². The second-order valence-corrected chi connectivity index (χ2v) is 4.49. The molecule has 0 spiro atoms.